The molecule has 0 aliphatic rings. The highest BCUT2D eigenvalue weighted by Crippen LogP contribution is 1.96. The van der Waals surface area contributed by atoms with E-state index in [-0.39, 0.29) is 0 Å². The van der Waals surface area contributed by atoms with E-state index in [0.717, 1.165) is 0 Å². The summed E-state index contributed by atoms with van der Waals surface area (Å²) in [5.74, 6) is 0. The highest BCUT2D eigenvalue weighted by Gasteiger charge is 2.01. The van der Waals surface area contributed by atoms with E-state index in [1.807, 2.05) is 35.3 Å². The zero-order valence-corrected chi connectivity index (χ0v) is 6.69. The molecule has 0 amide bonds. The fourth-order valence-corrected chi connectivity index (χ4v) is 1.16. The van der Waals surface area contributed by atoms with Crippen LogP contribution in [0.1, 0.15) is 5.69 Å². The van der Waals surface area contributed by atoms with Crippen LogP contribution in [0.4, 0.5) is 0 Å². The molecule has 1 radical (unpaired) electrons. The van der Waals surface area contributed by atoms with Crippen molar-refractivity contribution in [2.24, 2.45) is 0 Å². The van der Waals surface area contributed by atoms with Crippen LogP contribution in [0.3, 0.4) is 0 Å². The Morgan fingerprint density at radius 1 is 1.60 bits per heavy atom. The largest absolute Gasteiger partial charge is 0.203 e. The molecule has 0 saturated heterocycles. The second-order valence-corrected chi connectivity index (χ2v) is 2.77. The molecule has 1 heterocycles. The quantitative estimate of drug-likeness (QED) is 0.582. The zero-order valence-electron chi connectivity index (χ0n) is 5.87. The lowest BCUT2D eigenvalue weighted by Gasteiger charge is -1.89. The zero-order chi connectivity index (χ0) is 7.40. The van der Waals surface area contributed by atoms with E-state index < -0.39 is 0 Å². The molecular formula is C8H9NS+. The normalized spacial score (nSPS) is 9.30. The van der Waals surface area contributed by atoms with Crippen LogP contribution in [0.15, 0.2) is 31.0 Å². The van der Waals surface area contributed by atoms with Gasteiger partial charge in [0.05, 0.1) is 5.41 Å². The van der Waals surface area contributed by atoms with E-state index in [9.17, 15) is 0 Å². The van der Waals surface area contributed by atoms with Crippen LogP contribution < -0.4 is 3.97 Å². The molecule has 0 unspecified atom stereocenters. The molecule has 0 spiro atoms. The van der Waals surface area contributed by atoms with Gasteiger partial charge in [-0.3, -0.25) is 0 Å². The van der Waals surface area contributed by atoms with Crippen molar-refractivity contribution in [3.05, 3.63) is 42.1 Å². The maximum absolute atomic E-state index is 3.51. The number of aryl methyl sites for hydroxylation is 1. The van der Waals surface area contributed by atoms with Crippen molar-refractivity contribution in [3.63, 3.8) is 0 Å². The number of rotatable bonds is 2. The van der Waals surface area contributed by atoms with Gasteiger partial charge in [0.2, 0.25) is 11.9 Å². The van der Waals surface area contributed by atoms with Gasteiger partial charge < -0.3 is 0 Å². The van der Waals surface area contributed by atoms with Crippen molar-refractivity contribution >= 4 is 11.9 Å². The fraction of sp³-hybridized carbons (Fsp3) is 0.125. The standard InChI is InChI=1S/C8H9NS/c1-3-10-9-7-5-4-6-8(9)2/h4-7H,1H2,2H3/q+1. The van der Waals surface area contributed by atoms with Gasteiger partial charge in [0.1, 0.15) is 0 Å². The summed E-state index contributed by atoms with van der Waals surface area (Å²) in [4.78, 5) is 0. The van der Waals surface area contributed by atoms with Crippen LogP contribution in [-0.4, -0.2) is 0 Å². The molecule has 2 heteroatoms. The van der Waals surface area contributed by atoms with Gasteiger partial charge in [-0.15, -0.1) is 3.97 Å². The lowest BCUT2D eigenvalue weighted by atomic mass is 10.4. The van der Waals surface area contributed by atoms with Gasteiger partial charge in [0.15, 0.2) is 11.9 Å². The number of hydrogen-bond acceptors (Lipinski definition) is 1. The maximum atomic E-state index is 3.51. The molecule has 0 atom stereocenters. The van der Waals surface area contributed by atoms with Gasteiger partial charge in [0.25, 0.3) is 0 Å². The van der Waals surface area contributed by atoms with E-state index in [2.05, 4.69) is 12.0 Å². The molecule has 0 N–H and O–H groups in total. The first-order valence-corrected chi connectivity index (χ1v) is 3.78. The maximum Gasteiger partial charge on any atom is 0.203 e. The highest BCUT2D eigenvalue weighted by atomic mass is 32.2. The third-order valence-electron chi connectivity index (χ3n) is 1.18. The molecule has 1 nitrogen and oxygen atoms in total. The van der Waals surface area contributed by atoms with Gasteiger partial charge >= 0.3 is 0 Å². The second kappa shape index (κ2) is 3.42. The molecule has 0 saturated carbocycles. The predicted molar refractivity (Wildman–Crippen MR) is 43.2 cm³/mol. The lowest BCUT2D eigenvalue weighted by Crippen LogP contribution is -2.26. The predicted octanol–water partition coefficient (Wildman–Crippen LogP) is 1.73. The topological polar surface area (TPSA) is 3.88 Å². The average Bonchev–Trinajstić information content (AvgIpc) is 1.94. The van der Waals surface area contributed by atoms with Crippen LogP contribution in [0, 0.1) is 12.3 Å². The van der Waals surface area contributed by atoms with E-state index in [1.54, 1.807) is 0 Å². The van der Waals surface area contributed by atoms with Crippen LogP contribution in [0.5, 0.6) is 0 Å². The second-order valence-electron chi connectivity index (χ2n) is 1.90. The van der Waals surface area contributed by atoms with Crippen LogP contribution in [0.25, 0.3) is 0 Å². The van der Waals surface area contributed by atoms with Crippen molar-refractivity contribution in [2.45, 2.75) is 6.92 Å². The van der Waals surface area contributed by atoms with E-state index in [0.29, 0.717) is 0 Å². The molecule has 1 aromatic rings. The van der Waals surface area contributed by atoms with Crippen LogP contribution in [0.2, 0.25) is 0 Å². The molecule has 1 aromatic heterocycles. The molecule has 0 aliphatic carbocycles. The summed E-state index contributed by atoms with van der Waals surface area (Å²) in [6.45, 7) is 5.56. The molecular weight excluding hydrogens is 142 g/mol. The minimum atomic E-state index is 1.20. The molecule has 10 heavy (non-hydrogen) atoms. The number of aromatic nitrogens is 1. The van der Waals surface area contributed by atoms with Crippen molar-refractivity contribution in [3.8, 4) is 0 Å². The van der Waals surface area contributed by atoms with Gasteiger partial charge in [-0.25, -0.2) is 0 Å². The Balaban J connectivity index is 2.91. The molecule has 1 rings (SSSR count). The molecule has 0 aromatic carbocycles. The highest BCUT2D eigenvalue weighted by molar-refractivity contribution is 7.94. The fourth-order valence-electron chi connectivity index (χ4n) is 0.686. The van der Waals surface area contributed by atoms with Gasteiger partial charge in [-0.2, -0.15) is 0 Å². The summed E-state index contributed by atoms with van der Waals surface area (Å²) in [5, 5.41) is 2.75. The Labute approximate surface area is 65.5 Å². The summed E-state index contributed by atoms with van der Waals surface area (Å²) in [5.41, 5.74) is 1.20. The van der Waals surface area contributed by atoms with Crippen molar-refractivity contribution in [2.75, 3.05) is 0 Å². The molecule has 0 bridgehead atoms. The van der Waals surface area contributed by atoms with Gasteiger partial charge in [-0.05, 0) is 0 Å². The van der Waals surface area contributed by atoms with Crippen molar-refractivity contribution < 1.29 is 3.97 Å². The van der Waals surface area contributed by atoms with Crippen LogP contribution in [-0.2, 0) is 0 Å². The molecule has 0 fully saturated rings. The Morgan fingerprint density at radius 2 is 2.40 bits per heavy atom. The molecule has 51 valence electrons. The Morgan fingerprint density at radius 3 is 3.00 bits per heavy atom. The molecule has 0 aliphatic heterocycles. The lowest BCUT2D eigenvalue weighted by molar-refractivity contribution is -0.501. The van der Waals surface area contributed by atoms with E-state index >= 15 is 0 Å². The first-order valence-electron chi connectivity index (χ1n) is 3.01. The Bertz CT molecular complexity index is 232. The minimum absolute atomic E-state index is 1.20. The van der Waals surface area contributed by atoms with Gasteiger partial charge in [-0.1, -0.05) is 12.6 Å². The summed E-state index contributed by atoms with van der Waals surface area (Å²) in [6.07, 6.45) is 1.98. The van der Waals surface area contributed by atoms with Crippen LogP contribution >= 0.6 is 11.9 Å². The summed E-state index contributed by atoms with van der Waals surface area (Å²) in [6, 6.07) is 6.04. The van der Waals surface area contributed by atoms with E-state index in [1.165, 1.54) is 17.6 Å². The SMILES string of the molecule is C=[C]S[n+]1ccccc1C. The smallest absolute Gasteiger partial charge is 0.127 e. The summed E-state index contributed by atoms with van der Waals surface area (Å²) >= 11 is 1.46. The number of nitrogens with zero attached hydrogens (tertiary/aromatic N) is 1. The first kappa shape index (κ1) is 7.35. The number of hydrogen-bond donors (Lipinski definition) is 0. The van der Waals surface area contributed by atoms with Crippen molar-refractivity contribution in [1.29, 1.82) is 0 Å². The number of pyridine rings is 1. The Kier molecular flexibility index (Phi) is 2.51. The van der Waals surface area contributed by atoms with E-state index in [4.69, 9.17) is 0 Å². The monoisotopic (exact) mass is 151 g/mol. The average molecular weight is 151 g/mol. The van der Waals surface area contributed by atoms with Crippen molar-refractivity contribution in [1.82, 2.24) is 0 Å². The summed E-state index contributed by atoms with van der Waals surface area (Å²) < 4.78 is 2.01. The third kappa shape index (κ3) is 1.61. The third-order valence-corrected chi connectivity index (χ3v) is 1.92. The minimum Gasteiger partial charge on any atom is -0.127 e. The summed E-state index contributed by atoms with van der Waals surface area (Å²) in [7, 11) is 0. The first-order chi connectivity index (χ1) is 4.84. The Hall–Kier alpha value is -0.760. The van der Waals surface area contributed by atoms with Gasteiger partial charge in [0, 0.05) is 19.1 Å².